The molecule has 0 aliphatic rings. The molecule has 2 rings (SSSR count). The fourth-order valence-electron chi connectivity index (χ4n) is 2.53. The summed E-state index contributed by atoms with van der Waals surface area (Å²) in [5, 5.41) is 0. The zero-order valence-corrected chi connectivity index (χ0v) is 15.2. The summed E-state index contributed by atoms with van der Waals surface area (Å²) in [5.74, 6) is 1.46. The van der Waals surface area contributed by atoms with Gasteiger partial charge in [0.25, 0.3) is 5.91 Å². The lowest BCUT2D eigenvalue weighted by Crippen LogP contribution is -2.39. The number of nitrogens with zero attached hydrogens (tertiary/aromatic N) is 1. The van der Waals surface area contributed by atoms with Crippen LogP contribution in [0.4, 0.5) is 0 Å². The molecule has 0 fully saturated rings. The van der Waals surface area contributed by atoms with E-state index in [2.05, 4.69) is 0 Å². The van der Waals surface area contributed by atoms with Crippen LogP contribution in [-0.2, 0) is 11.3 Å². The molecule has 0 heterocycles. The Morgan fingerprint density at radius 2 is 1.64 bits per heavy atom. The molecule has 5 nitrogen and oxygen atoms in total. The van der Waals surface area contributed by atoms with E-state index < -0.39 is 0 Å². The number of rotatable bonds is 8. The van der Waals surface area contributed by atoms with Gasteiger partial charge in [-0.05, 0) is 31.5 Å². The number of carbonyl (C=O) groups excluding carboxylic acids is 1. The Morgan fingerprint density at radius 1 is 0.960 bits per heavy atom. The monoisotopic (exact) mass is 343 g/mol. The summed E-state index contributed by atoms with van der Waals surface area (Å²) < 4.78 is 16.3. The van der Waals surface area contributed by atoms with Crippen molar-refractivity contribution < 1.29 is 19.0 Å². The predicted octanol–water partition coefficient (Wildman–Crippen LogP) is 3.52. The summed E-state index contributed by atoms with van der Waals surface area (Å²) >= 11 is 0. The van der Waals surface area contributed by atoms with Crippen molar-refractivity contribution in [3.8, 4) is 17.2 Å². The molecule has 5 heteroatoms. The fourth-order valence-corrected chi connectivity index (χ4v) is 2.53. The van der Waals surface area contributed by atoms with Crippen LogP contribution in [0.5, 0.6) is 17.2 Å². The van der Waals surface area contributed by atoms with Crippen LogP contribution in [0.25, 0.3) is 0 Å². The van der Waals surface area contributed by atoms with E-state index in [-0.39, 0.29) is 18.6 Å². The second-order valence-electron chi connectivity index (χ2n) is 5.88. The standard InChI is InChI=1S/C20H25NO4/c1-15(2)21(13-16-9-6-5-7-10-16)19(22)14-25-18-12-8-11-17(23-3)20(18)24-4/h5-12,15H,13-14H2,1-4H3. The lowest BCUT2D eigenvalue weighted by Gasteiger charge is -2.27. The number of benzene rings is 2. The Labute approximate surface area is 149 Å². The van der Waals surface area contributed by atoms with E-state index in [1.165, 1.54) is 0 Å². The van der Waals surface area contributed by atoms with Gasteiger partial charge in [-0.15, -0.1) is 0 Å². The van der Waals surface area contributed by atoms with Crippen LogP contribution in [-0.4, -0.2) is 37.7 Å². The Hall–Kier alpha value is -2.69. The maximum Gasteiger partial charge on any atom is 0.261 e. The molecule has 0 aromatic heterocycles. The summed E-state index contributed by atoms with van der Waals surface area (Å²) in [6.45, 7) is 4.48. The molecule has 0 saturated carbocycles. The van der Waals surface area contributed by atoms with Crippen molar-refractivity contribution in [2.75, 3.05) is 20.8 Å². The van der Waals surface area contributed by atoms with E-state index in [1.807, 2.05) is 44.2 Å². The van der Waals surface area contributed by atoms with Crippen molar-refractivity contribution in [1.82, 2.24) is 4.90 Å². The highest BCUT2D eigenvalue weighted by molar-refractivity contribution is 5.78. The minimum Gasteiger partial charge on any atom is -0.493 e. The summed E-state index contributed by atoms with van der Waals surface area (Å²) in [7, 11) is 3.11. The first kappa shape index (κ1) is 18.6. The molecule has 0 atom stereocenters. The minimum absolute atomic E-state index is 0.0610. The van der Waals surface area contributed by atoms with Gasteiger partial charge in [0.1, 0.15) is 0 Å². The number of amides is 1. The summed E-state index contributed by atoms with van der Waals surface area (Å²) in [4.78, 5) is 14.4. The van der Waals surface area contributed by atoms with Gasteiger partial charge in [-0.3, -0.25) is 4.79 Å². The van der Waals surface area contributed by atoms with Crippen molar-refractivity contribution in [1.29, 1.82) is 0 Å². The van der Waals surface area contributed by atoms with Crippen LogP contribution in [0, 0.1) is 0 Å². The number of ether oxygens (including phenoxy) is 3. The van der Waals surface area contributed by atoms with E-state index in [0.717, 1.165) is 5.56 Å². The highest BCUT2D eigenvalue weighted by Crippen LogP contribution is 2.36. The third-order valence-electron chi connectivity index (χ3n) is 3.86. The summed E-state index contributed by atoms with van der Waals surface area (Å²) in [6.07, 6.45) is 0. The van der Waals surface area contributed by atoms with Crippen molar-refractivity contribution in [3.63, 3.8) is 0 Å². The minimum atomic E-state index is -0.0799. The average Bonchev–Trinajstić information content (AvgIpc) is 2.64. The van der Waals surface area contributed by atoms with Gasteiger partial charge in [0, 0.05) is 12.6 Å². The lowest BCUT2D eigenvalue weighted by atomic mass is 10.2. The molecule has 2 aromatic carbocycles. The van der Waals surface area contributed by atoms with Crippen molar-refractivity contribution >= 4 is 5.91 Å². The van der Waals surface area contributed by atoms with Crippen LogP contribution >= 0.6 is 0 Å². The molecule has 0 unspecified atom stereocenters. The van der Waals surface area contributed by atoms with E-state index in [9.17, 15) is 4.79 Å². The van der Waals surface area contributed by atoms with Crippen LogP contribution in [0.3, 0.4) is 0 Å². The molecule has 0 bridgehead atoms. The smallest absolute Gasteiger partial charge is 0.261 e. The zero-order valence-electron chi connectivity index (χ0n) is 15.2. The normalized spacial score (nSPS) is 10.4. The molecule has 0 saturated heterocycles. The predicted molar refractivity (Wildman–Crippen MR) is 97.2 cm³/mol. The van der Waals surface area contributed by atoms with Crippen molar-refractivity contribution in [2.45, 2.75) is 26.4 Å². The first-order valence-electron chi connectivity index (χ1n) is 8.24. The highest BCUT2D eigenvalue weighted by atomic mass is 16.5. The van der Waals surface area contributed by atoms with E-state index in [0.29, 0.717) is 23.8 Å². The van der Waals surface area contributed by atoms with Crippen LogP contribution < -0.4 is 14.2 Å². The molecule has 0 radical (unpaired) electrons. The quantitative estimate of drug-likeness (QED) is 0.736. The maximum absolute atomic E-state index is 12.6. The largest absolute Gasteiger partial charge is 0.493 e. The third kappa shape index (κ3) is 4.89. The van der Waals surface area contributed by atoms with E-state index in [4.69, 9.17) is 14.2 Å². The van der Waals surface area contributed by atoms with Gasteiger partial charge in [-0.2, -0.15) is 0 Å². The molecule has 0 aliphatic heterocycles. The lowest BCUT2D eigenvalue weighted by molar-refractivity contribution is -0.135. The highest BCUT2D eigenvalue weighted by Gasteiger charge is 2.19. The number of methoxy groups -OCH3 is 2. The van der Waals surface area contributed by atoms with Gasteiger partial charge in [0.15, 0.2) is 18.1 Å². The molecular weight excluding hydrogens is 318 g/mol. The summed E-state index contributed by atoms with van der Waals surface area (Å²) in [5.41, 5.74) is 1.09. The molecule has 0 spiro atoms. The van der Waals surface area contributed by atoms with E-state index in [1.54, 1.807) is 37.3 Å². The number of carbonyl (C=O) groups is 1. The fraction of sp³-hybridized carbons (Fsp3) is 0.350. The van der Waals surface area contributed by atoms with Gasteiger partial charge in [0.2, 0.25) is 5.75 Å². The topological polar surface area (TPSA) is 48.0 Å². The zero-order chi connectivity index (χ0) is 18.2. The van der Waals surface area contributed by atoms with Crippen molar-refractivity contribution in [3.05, 3.63) is 54.1 Å². The molecule has 0 aliphatic carbocycles. The average molecular weight is 343 g/mol. The number of hydrogen-bond donors (Lipinski definition) is 0. The number of hydrogen-bond acceptors (Lipinski definition) is 4. The molecule has 1 amide bonds. The van der Waals surface area contributed by atoms with Gasteiger partial charge < -0.3 is 19.1 Å². The van der Waals surface area contributed by atoms with Crippen LogP contribution in [0.2, 0.25) is 0 Å². The van der Waals surface area contributed by atoms with E-state index >= 15 is 0 Å². The molecule has 25 heavy (non-hydrogen) atoms. The Kier molecular flexibility index (Phi) is 6.69. The third-order valence-corrected chi connectivity index (χ3v) is 3.86. The molecule has 134 valence electrons. The van der Waals surface area contributed by atoms with Gasteiger partial charge in [0.05, 0.1) is 14.2 Å². The Morgan fingerprint density at radius 3 is 2.24 bits per heavy atom. The SMILES string of the molecule is COc1cccc(OCC(=O)N(Cc2ccccc2)C(C)C)c1OC. The summed E-state index contributed by atoms with van der Waals surface area (Å²) in [6, 6.07) is 15.3. The molecule has 0 N–H and O–H groups in total. The van der Waals surface area contributed by atoms with Crippen molar-refractivity contribution in [2.24, 2.45) is 0 Å². The van der Waals surface area contributed by atoms with Gasteiger partial charge in [-0.25, -0.2) is 0 Å². The first-order chi connectivity index (χ1) is 12.1. The Balaban J connectivity index is 2.07. The molecule has 2 aromatic rings. The second kappa shape index (κ2) is 8.97. The maximum atomic E-state index is 12.6. The first-order valence-corrected chi connectivity index (χ1v) is 8.24. The van der Waals surface area contributed by atoms with Gasteiger partial charge in [-0.1, -0.05) is 36.4 Å². The molecular formula is C20H25NO4. The number of para-hydroxylation sites is 1. The van der Waals surface area contributed by atoms with Gasteiger partial charge >= 0.3 is 0 Å². The van der Waals surface area contributed by atoms with Crippen LogP contribution in [0.1, 0.15) is 19.4 Å². The second-order valence-corrected chi connectivity index (χ2v) is 5.88. The van der Waals surface area contributed by atoms with Crippen LogP contribution in [0.15, 0.2) is 48.5 Å². The Bertz CT molecular complexity index is 685.